The highest BCUT2D eigenvalue weighted by molar-refractivity contribution is 6.33. The van der Waals surface area contributed by atoms with Crippen molar-refractivity contribution in [1.29, 1.82) is 0 Å². The van der Waals surface area contributed by atoms with Crippen LogP contribution in [-0.4, -0.2) is 26.5 Å². The Morgan fingerprint density at radius 1 is 1.05 bits per heavy atom. The number of anilines is 1. The molecule has 0 radical (unpaired) electrons. The van der Waals surface area contributed by atoms with Crippen LogP contribution in [0.3, 0.4) is 0 Å². The SMILES string of the molecule is Fc1ccc(CCNc2nc(Cl)c3nccnc3n2)cc1. The average Bonchev–Trinajstić information content (AvgIpc) is 2.49. The average molecular weight is 304 g/mol. The van der Waals surface area contributed by atoms with Crippen molar-refractivity contribution < 1.29 is 4.39 Å². The number of halogens is 2. The Morgan fingerprint density at radius 3 is 2.62 bits per heavy atom. The topological polar surface area (TPSA) is 63.6 Å². The van der Waals surface area contributed by atoms with E-state index in [4.69, 9.17) is 11.6 Å². The van der Waals surface area contributed by atoms with Crippen LogP contribution in [0.2, 0.25) is 5.15 Å². The Kier molecular flexibility index (Phi) is 3.87. The number of nitrogens with one attached hydrogen (secondary N) is 1. The van der Waals surface area contributed by atoms with Gasteiger partial charge in [0.15, 0.2) is 10.8 Å². The van der Waals surface area contributed by atoms with Crippen molar-refractivity contribution in [2.24, 2.45) is 0 Å². The summed E-state index contributed by atoms with van der Waals surface area (Å²) in [6.07, 6.45) is 3.81. The van der Waals surface area contributed by atoms with Gasteiger partial charge in [0.25, 0.3) is 0 Å². The molecular weight excluding hydrogens is 293 g/mol. The first-order valence-corrected chi connectivity index (χ1v) is 6.73. The second kappa shape index (κ2) is 5.97. The van der Waals surface area contributed by atoms with Crippen molar-refractivity contribution in [3.8, 4) is 0 Å². The summed E-state index contributed by atoms with van der Waals surface area (Å²) in [5, 5.41) is 3.33. The van der Waals surface area contributed by atoms with E-state index in [-0.39, 0.29) is 11.0 Å². The van der Waals surface area contributed by atoms with Crippen LogP contribution in [0, 0.1) is 5.82 Å². The van der Waals surface area contributed by atoms with Gasteiger partial charge in [0.2, 0.25) is 5.95 Å². The van der Waals surface area contributed by atoms with Crippen LogP contribution in [0.15, 0.2) is 36.7 Å². The highest BCUT2D eigenvalue weighted by atomic mass is 35.5. The van der Waals surface area contributed by atoms with Crippen molar-refractivity contribution in [3.05, 3.63) is 53.2 Å². The lowest BCUT2D eigenvalue weighted by Crippen LogP contribution is -2.08. The predicted octanol–water partition coefficient (Wildman–Crippen LogP) is 2.87. The molecule has 0 amide bonds. The van der Waals surface area contributed by atoms with Crippen molar-refractivity contribution in [2.75, 3.05) is 11.9 Å². The minimum atomic E-state index is -0.241. The molecule has 2 aromatic heterocycles. The lowest BCUT2D eigenvalue weighted by atomic mass is 10.1. The van der Waals surface area contributed by atoms with Crippen LogP contribution in [0.25, 0.3) is 11.2 Å². The molecule has 5 nitrogen and oxygen atoms in total. The number of fused-ring (bicyclic) bond motifs is 1. The Labute approximate surface area is 125 Å². The molecule has 3 rings (SSSR count). The molecule has 1 aromatic carbocycles. The van der Waals surface area contributed by atoms with Gasteiger partial charge in [-0.3, -0.25) is 0 Å². The first-order chi connectivity index (χ1) is 10.2. The lowest BCUT2D eigenvalue weighted by Gasteiger charge is -2.06. The van der Waals surface area contributed by atoms with Crippen LogP contribution in [0.4, 0.5) is 10.3 Å². The van der Waals surface area contributed by atoms with Crippen LogP contribution >= 0.6 is 11.6 Å². The Bertz CT molecular complexity index is 763. The fourth-order valence-electron chi connectivity index (χ4n) is 1.88. The minimum Gasteiger partial charge on any atom is -0.354 e. The summed E-state index contributed by atoms with van der Waals surface area (Å²) in [6, 6.07) is 6.37. The summed E-state index contributed by atoms with van der Waals surface area (Å²) in [5.74, 6) is 0.157. The smallest absolute Gasteiger partial charge is 0.226 e. The molecule has 2 heterocycles. The normalized spacial score (nSPS) is 10.8. The van der Waals surface area contributed by atoms with Gasteiger partial charge in [0.05, 0.1) is 0 Å². The molecule has 0 aliphatic rings. The molecule has 0 spiro atoms. The predicted molar refractivity (Wildman–Crippen MR) is 78.7 cm³/mol. The molecule has 0 fully saturated rings. The first kappa shape index (κ1) is 13.6. The maximum atomic E-state index is 12.8. The zero-order valence-electron chi connectivity index (χ0n) is 10.9. The van der Waals surface area contributed by atoms with Crippen molar-refractivity contribution >= 4 is 28.7 Å². The summed E-state index contributed by atoms with van der Waals surface area (Å²) in [6.45, 7) is 0.605. The summed E-state index contributed by atoms with van der Waals surface area (Å²) in [4.78, 5) is 16.5. The van der Waals surface area contributed by atoms with Crippen molar-refractivity contribution in [1.82, 2.24) is 19.9 Å². The molecule has 1 N–H and O–H groups in total. The van der Waals surface area contributed by atoms with E-state index in [9.17, 15) is 4.39 Å². The quantitative estimate of drug-likeness (QED) is 0.751. The molecule has 0 bridgehead atoms. The third-order valence-corrected chi connectivity index (χ3v) is 3.16. The van der Waals surface area contributed by atoms with E-state index in [1.807, 2.05) is 0 Å². The van der Waals surface area contributed by atoms with Gasteiger partial charge < -0.3 is 5.32 Å². The Morgan fingerprint density at radius 2 is 1.81 bits per heavy atom. The maximum absolute atomic E-state index is 12.8. The monoisotopic (exact) mass is 303 g/mol. The Hall–Kier alpha value is -2.34. The summed E-state index contributed by atoms with van der Waals surface area (Å²) in [5.41, 5.74) is 1.95. The first-order valence-electron chi connectivity index (χ1n) is 6.35. The van der Waals surface area contributed by atoms with Crippen LogP contribution < -0.4 is 5.32 Å². The van der Waals surface area contributed by atoms with E-state index < -0.39 is 0 Å². The third-order valence-electron chi connectivity index (χ3n) is 2.90. The van der Waals surface area contributed by atoms with Gasteiger partial charge in [-0.2, -0.15) is 9.97 Å². The number of aromatic nitrogens is 4. The van der Waals surface area contributed by atoms with E-state index >= 15 is 0 Å². The van der Waals surface area contributed by atoms with Crippen LogP contribution in [-0.2, 0) is 6.42 Å². The maximum Gasteiger partial charge on any atom is 0.226 e. The largest absolute Gasteiger partial charge is 0.354 e. The second-order valence-corrected chi connectivity index (χ2v) is 4.73. The highest BCUT2D eigenvalue weighted by Gasteiger charge is 2.07. The zero-order chi connectivity index (χ0) is 14.7. The number of hydrogen-bond donors (Lipinski definition) is 1. The molecule has 7 heteroatoms. The zero-order valence-corrected chi connectivity index (χ0v) is 11.7. The lowest BCUT2D eigenvalue weighted by molar-refractivity contribution is 0.627. The number of rotatable bonds is 4. The van der Waals surface area contributed by atoms with Gasteiger partial charge in [0, 0.05) is 18.9 Å². The molecule has 0 saturated heterocycles. The summed E-state index contributed by atoms with van der Waals surface area (Å²) < 4.78 is 12.8. The van der Waals surface area contributed by atoms with Gasteiger partial charge in [0.1, 0.15) is 11.3 Å². The molecule has 0 aliphatic carbocycles. The van der Waals surface area contributed by atoms with Gasteiger partial charge in [-0.25, -0.2) is 14.4 Å². The van der Waals surface area contributed by atoms with Crippen molar-refractivity contribution in [2.45, 2.75) is 6.42 Å². The van der Waals surface area contributed by atoms with Crippen LogP contribution in [0.5, 0.6) is 0 Å². The number of benzene rings is 1. The van der Waals surface area contributed by atoms with Gasteiger partial charge in [-0.1, -0.05) is 23.7 Å². The van der Waals surface area contributed by atoms with E-state index in [1.54, 1.807) is 24.5 Å². The summed E-state index contributed by atoms with van der Waals surface area (Å²) in [7, 11) is 0. The second-order valence-electron chi connectivity index (χ2n) is 4.37. The molecule has 3 aromatic rings. The molecule has 21 heavy (non-hydrogen) atoms. The third kappa shape index (κ3) is 3.22. The van der Waals surface area contributed by atoms with Gasteiger partial charge in [-0.15, -0.1) is 0 Å². The molecule has 0 atom stereocenters. The van der Waals surface area contributed by atoms with E-state index in [0.29, 0.717) is 23.7 Å². The molecular formula is C14H11ClFN5. The van der Waals surface area contributed by atoms with E-state index in [0.717, 1.165) is 12.0 Å². The number of hydrogen-bond acceptors (Lipinski definition) is 5. The molecule has 106 valence electrons. The van der Waals surface area contributed by atoms with E-state index in [1.165, 1.54) is 12.1 Å². The fourth-order valence-corrected chi connectivity index (χ4v) is 2.09. The molecule has 0 aliphatic heterocycles. The molecule has 0 saturated carbocycles. The summed E-state index contributed by atoms with van der Waals surface area (Å²) >= 11 is 6.04. The highest BCUT2D eigenvalue weighted by Crippen LogP contribution is 2.17. The fraction of sp³-hybridized carbons (Fsp3) is 0.143. The number of nitrogens with zero attached hydrogens (tertiary/aromatic N) is 4. The molecule has 0 unspecified atom stereocenters. The minimum absolute atomic E-state index is 0.241. The Balaban J connectivity index is 1.69. The van der Waals surface area contributed by atoms with E-state index in [2.05, 4.69) is 25.3 Å². The van der Waals surface area contributed by atoms with Crippen molar-refractivity contribution in [3.63, 3.8) is 0 Å². The standard InChI is InChI=1S/C14H11ClFN5/c15-12-11-13(18-8-7-17-11)21-14(20-12)19-6-5-9-1-3-10(16)4-2-9/h1-4,7-8H,5-6H2,(H,18,19,20,21). The van der Waals surface area contributed by atoms with Gasteiger partial charge in [-0.05, 0) is 24.1 Å². The van der Waals surface area contributed by atoms with Gasteiger partial charge >= 0.3 is 0 Å². The van der Waals surface area contributed by atoms with Crippen LogP contribution in [0.1, 0.15) is 5.56 Å².